The molecule has 0 atom stereocenters. The molecule has 0 saturated heterocycles. The molecule has 0 fully saturated rings. The van der Waals surface area contributed by atoms with E-state index in [1.165, 1.54) is 0 Å². The third-order valence-electron chi connectivity index (χ3n) is 0. The standard InChI is InChI=1S/Li.Mn.H2O2.H/c;;1-2;/h;;1-2H;. The van der Waals surface area contributed by atoms with Gasteiger partial charge >= 0.3 is 18.9 Å². The zero-order valence-corrected chi connectivity index (χ0v) is 2.45. The van der Waals surface area contributed by atoms with Gasteiger partial charge in [-0.25, -0.2) is 0 Å². The van der Waals surface area contributed by atoms with Crippen LogP contribution in [0.15, 0.2) is 0 Å². The Morgan fingerprint density at radius 1 is 1.00 bits per heavy atom. The maximum Gasteiger partial charge on any atom is 0 e. The molecule has 2 N–H and O–H groups in total. The molecule has 0 heterocycles. The third kappa shape index (κ3) is 11.7. The summed E-state index contributed by atoms with van der Waals surface area (Å²) in [6.07, 6.45) is 0. The molecule has 0 saturated carbocycles. The molecule has 4 heavy (non-hydrogen) atoms. The van der Waals surface area contributed by atoms with E-state index in [2.05, 4.69) is 0 Å². The fourth-order valence-electron chi connectivity index (χ4n) is 0. The molecule has 0 aliphatic rings. The van der Waals surface area contributed by atoms with E-state index < -0.39 is 0 Å². The topological polar surface area (TPSA) is 40.5 Å². The zero-order chi connectivity index (χ0) is 2.00. The largest absolute Gasteiger partial charge is 0 e. The van der Waals surface area contributed by atoms with Gasteiger partial charge in [-0.15, -0.1) is 0 Å². The summed E-state index contributed by atoms with van der Waals surface area (Å²) >= 11 is 0. The predicted molar refractivity (Wildman–Crippen MR) is 12.4 cm³/mol. The van der Waals surface area contributed by atoms with Crippen LogP contribution >= 0.6 is 0 Å². The molecule has 0 aromatic heterocycles. The summed E-state index contributed by atoms with van der Waals surface area (Å²) in [5, 5.41) is 12.0. The first-order chi connectivity index (χ1) is 1.00. The van der Waals surface area contributed by atoms with Gasteiger partial charge in [0.25, 0.3) is 0 Å². The van der Waals surface area contributed by atoms with E-state index in [0.29, 0.717) is 0 Å². The first-order valence-electron chi connectivity index (χ1n) is 0.200. The summed E-state index contributed by atoms with van der Waals surface area (Å²) in [6.45, 7) is 0. The van der Waals surface area contributed by atoms with E-state index in [0.717, 1.165) is 0 Å². The van der Waals surface area contributed by atoms with Crippen LogP contribution in [0.25, 0.3) is 0 Å². The van der Waals surface area contributed by atoms with Gasteiger partial charge in [0.05, 0.1) is 0 Å². The molecule has 0 aliphatic carbocycles. The average molecular weight is 96.9 g/mol. The van der Waals surface area contributed by atoms with E-state index in [-0.39, 0.29) is 35.9 Å². The number of hydrogen-bond acceptors (Lipinski definition) is 2. The van der Waals surface area contributed by atoms with Gasteiger partial charge in [-0.05, 0) is 0 Å². The molecule has 23 valence electrons. The molecule has 0 bridgehead atoms. The van der Waals surface area contributed by atoms with Crippen LogP contribution in [0.2, 0.25) is 0 Å². The number of rotatable bonds is 0. The van der Waals surface area contributed by atoms with Gasteiger partial charge in [0.15, 0.2) is 0 Å². The van der Waals surface area contributed by atoms with Crippen LogP contribution in [0.1, 0.15) is 0 Å². The zero-order valence-electron chi connectivity index (χ0n) is 1.27. The number of hydrogen-bond donors (Lipinski definition) is 2. The summed E-state index contributed by atoms with van der Waals surface area (Å²) < 4.78 is 0. The molecule has 0 aromatic carbocycles. The summed E-state index contributed by atoms with van der Waals surface area (Å²) in [7, 11) is 0. The Kier molecular flexibility index (Phi) is 171. The minimum Gasteiger partial charge on any atom is 0 e. The smallest absolute Gasteiger partial charge is 0 e. The summed E-state index contributed by atoms with van der Waals surface area (Å²) in [4.78, 5) is 0. The average Bonchev–Trinajstić information content (AvgIpc) is 1.00. The quantitative estimate of drug-likeness (QED) is 0.240. The van der Waals surface area contributed by atoms with Crippen molar-refractivity contribution >= 4 is 18.9 Å². The van der Waals surface area contributed by atoms with Crippen LogP contribution in [-0.2, 0) is 17.1 Å². The molecule has 0 aromatic rings. The Morgan fingerprint density at radius 3 is 1.00 bits per heavy atom. The van der Waals surface area contributed by atoms with Crippen molar-refractivity contribution in [3.05, 3.63) is 0 Å². The van der Waals surface area contributed by atoms with E-state index >= 15 is 0 Å². The van der Waals surface area contributed by atoms with Crippen molar-refractivity contribution < 1.29 is 27.6 Å². The summed E-state index contributed by atoms with van der Waals surface area (Å²) in [5.74, 6) is 0. The normalized spacial score (nSPS) is 1.50. The molecule has 0 aliphatic heterocycles. The van der Waals surface area contributed by atoms with Gasteiger partial charge in [0.2, 0.25) is 0 Å². The Hall–Kier alpha value is 1.04. The van der Waals surface area contributed by atoms with Crippen LogP contribution in [0.4, 0.5) is 0 Å². The monoisotopic (exact) mass is 97.0 g/mol. The second kappa shape index (κ2) is 34.6. The Labute approximate surface area is 46.8 Å². The van der Waals surface area contributed by atoms with E-state index in [4.69, 9.17) is 10.5 Å². The SMILES string of the molecule is OO.[LiH].[Mn]. The van der Waals surface area contributed by atoms with E-state index in [1.54, 1.807) is 0 Å². The molecular formula is H3LiMnO2. The second-order valence-corrected chi connectivity index (χ2v) is 0. The van der Waals surface area contributed by atoms with Crippen LogP contribution in [0.5, 0.6) is 0 Å². The van der Waals surface area contributed by atoms with Crippen LogP contribution in [-0.4, -0.2) is 29.4 Å². The van der Waals surface area contributed by atoms with Gasteiger partial charge in [0.1, 0.15) is 0 Å². The Balaban J connectivity index is -0.00000000500. The molecule has 0 unspecified atom stereocenters. The van der Waals surface area contributed by atoms with Crippen molar-refractivity contribution in [3.8, 4) is 0 Å². The van der Waals surface area contributed by atoms with Crippen molar-refractivity contribution in [2.45, 2.75) is 0 Å². The second-order valence-electron chi connectivity index (χ2n) is 0. The minimum atomic E-state index is 0. The van der Waals surface area contributed by atoms with Gasteiger partial charge in [-0.2, -0.15) is 0 Å². The fraction of sp³-hybridized carbons (Fsp3) is 0. The van der Waals surface area contributed by atoms with Crippen molar-refractivity contribution in [1.29, 1.82) is 0 Å². The van der Waals surface area contributed by atoms with Crippen molar-refractivity contribution in [1.82, 2.24) is 0 Å². The van der Waals surface area contributed by atoms with E-state index in [9.17, 15) is 0 Å². The predicted octanol–water partition coefficient (Wildman–Crippen LogP) is -0.634. The Morgan fingerprint density at radius 2 is 1.00 bits per heavy atom. The summed E-state index contributed by atoms with van der Waals surface area (Å²) in [6, 6.07) is 0. The maximum atomic E-state index is 6.00. The van der Waals surface area contributed by atoms with E-state index in [1.807, 2.05) is 0 Å². The molecular weight excluding hydrogens is 93.9 g/mol. The summed E-state index contributed by atoms with van der Waals surface area (Å²) in [5.41, 5.74) is 0. The van der Waals surface area contributed by atoms with Crippen molar-refractivity contribution in [3.63, 3.8) is 0 Å². The van der Waals surface area contributed by atoms with Crippen LogP contribution < -0.4 is 0 Å². The molecule has 0 amide bonds. The molecule has 1 radical (unpaired) electrons. The first kappa shape index (κ1) is 19.8. The fourth-order valence-corrected chi connectivity index (χ4v) is 0. The van der Waals surface area contributed by atoms with Crippen molar-refractivity contribution in [2.24, 2.45) is 0 Å². The van der Waals surface area contributed by atoms with Crippen LogP contribution in [0.3, 0.4) is 0 Å². The molecule has 0 spiro atoms. The van der Waals surface area contributed by atoms with Gasteiger partial charge in [0, 0.05) is 17.1 Å². The first-order valence-corrected chi connectivity index (χ1v) is 0.200. The van der Waals surface area contributed by atoms with Gasteiger partial charge in [-0.3, -0.25) is 10.5 Å². The Bertz CT molecular complexity index is 6.00. The minimum absolute atomic E-state index is 0. The van der Waals surface area contributed by atoms with Gasteiger partial charge in [-0.1, -0.05) is 0 Å². The molecule has 0 rings (SSSR count). The maximum absolute atomic E-state index is 6.00. The molecule has 2 nitrogen and oxygen atoms in total. The van der Waals surface area contributed by atoms with Crippen molar-refractivity contribution in [2.75, 3.05) is 0 Å². The third-order valence-corrected chi connectivity index (χ3v) is 0. The van der Waals surface area contributed by atoms with Gasteiger partial charge < -0.3 is 0 Å². The molecule has 4 heteroatoms. The van der Waals surface area contributed by atoms with Crippen LogP contribution in [0, 0.1) is 0 Å².